The summed E-state index contributed by atoms with van der Waals surface area (Å²) in [6, 6.07) is 13.4. The lowest BCUT2D eigenvalue weighted by molar-refractivity contribution is -0.139. The molecule has 1 aromatic heterocycles. The Labute approximate surface area is 204 Å². The van der Waals surface area contributed by atoms with Gasteiger partial charge in [0.2, 0.25) is 0 Å². The Morgan fingerprint density at radius 1 is 1.09 bits per heavy atom. The van der Waals surface area contributed by atoms with E-state index in [2.05, 4.69) is 4.98 Å². The number of ether oxygens (including phenoxy) is 2. The lowest BCUT2D eigenvalue weighted by atomic mass is 9.95. The molecule has 1 atom stereocenters. The second-order valence-corrected chi connectivity index (χ2v) is 8.30. The summed E-state index contributed by atoms with van der Waals surface area (Å²) in [6.45, 7) is 3.52. The van der Waals surface area contributed by atoms with E-state index in [1.54, 1.807) is 62.1 Å². The predicted molar refractivity (Wildman–Crippen MR) is 131 cm³/mol. The molecule has 3 aromatic rings. The van der Waals surface area contributed by atoms with Crippen molar-refractivity contribution in [2.75, 3.05) is 20.3 Å². The lowest BCUT2D eigenvalue weighted by Crippen LogP contribution is -2.31. The number of ketones is 1. The number of imidazole rings is 1. The maximum atomic E-state index is 13.2. The number of aryl methyl sites for hydroxylation is 1. The Morgan fingerprint density at radius 3 is 2.63 bits per heavy atom. The fourth-order valence-electron chi connectivity index (χ4n) is 4.22. The average Bonchev–Trinajstić information content (AvgIpc) is 3.49. The number of carbonyl (C=O) groups is 2. The number of amides is 1. The van der Waals surface area contributed by atoms with Gasteiger partial charge in [0.05, 0.1) is 31.7 Å². The van der Waals surface area contributed by atoms with Crippen molar-refractivity contribution in [2.24, 2.45) is 0 Å². The minimum Gasteiger partial charge on any atom is -0.507 e. The first-order valence-corrected chi connectivity index (χ1v) is 11.6. The van der Waals surface area contributed by atoms with Crippen molar-refractivity contribution in [2.45, 2.75) is 32.4 Å². The number of Topliss-reactive ketones (excluding diaryl/α,β-unsaturated/α-hetero) is 1. The Hall–Kier alpha value is -4.07. The van der Waals surface area contributed by atoms with Gasteiger partial charge in [0, 0.05) is 31.0 Å². The number of aliphatic hydroxyl groups excluding tert-OH is 1. The van der Waals surface area contributed by atoms with Crippen molar-refractivity contribution in [3.05, 3.63) is 84.0 Å². The van der Waals surface area contributed by atoms with E-state index < -0.39 is 17.7 Å². The van der Waals surface area contributed by atoms with Crippen LogP contribution in [0.3, 0.4) is 0 Å². The van der Waals surface area contributed by atoms with E-state index in [1.807, 2.05) is 23.8 Å². The van der Waals surface area contributed by atoms with Crippen molar-refractivity contribution < 1.29 is 24.2 Å². The van der Waals surface area contributed by atoms with Crippen LogP contribution >= 0.6 is 0 Å². The van der Waals surface area contributed by atoms with Crippen molar-refractivity contribution in [3.63, 3.8) is 0 Å². The molecule has 1 fully saturated rings. The minimum atomic E-state index is -0.742. The maximum absolute atomic E-state index is 13.2. The molecular weight excluding hydrogens is 446 g/mol. The molecule has 0 radical (unpaired) electrons. The van der Waals surface area contributed by atoms with Gasteiger partial charge in [-0.15, -0.1) is 0 Å². The molecule has 0 saturated carbocycles. The van der Waals surface area contributed by atoms with Crippen molar-refractivity contribution in [1.82, 2.24) is 14.5 Å². The summed E-state index contributed by atoms with van der Waals surface area (Å²) in [5, 5.41) is 11.3. The lowest BCUT2D eigenvalue weighted by Gasteiger charge is -2.25. The number of likely N-dealkylation sites (tertiary alicyclic amines) is 1. The standard InChI is InChI=1S/C27H29N3O5/c1-3-15-35-22-10-5-8-20(17-22)25(31)23-24(19-7-4-9-21(16-19)34-2)30(27(33)26(23)32)13-6-12-29-14-11-28-18-29/h4-5,7-11,14,16-18,24,31H,3,6,12-13,15H2,1-2H3. The fourth-order valence-corrected chi connectivity index (χ4v) is 4.22. The molecule has 1 aliphatic rings. The van der Waals surface area contributed by atoms with Crippen LogP contribution in [0.15, 0.2) is 72.8 Å². The van der Waals surface area contributed by atoms with Crippen molar-refractivity contribution in [3.8, 4) is 11.5 Å². The predicted octanol–water partition coefficient (Wildman–Crippen LogP) is 4.19. The van der Waals surface area contributed by atoms with Gasteiger partial charge < -0.3 is 24.0 Å². The molecule has 182 valence electrons. The molecule has 2 aromatic carbocycles. The molecule has 2 heterocycles. The van der Waals surface area contributed by atoms with Gasteiger partial charge in [-0.2, -0.15) is 0 Å². The molecule has 0 aliphatic carbocycles. The normalized spacial score (nSPS) is 17.1. The number of nitrogens with zero attached hydrogens (tertiary/aromatic N) is 3. The van der Waals surface area contributed by atoms with Crippen LogP contribution in [0.2, 0.25) is 0 Å². The number of carbonyl (C=O) groups excluding carboxylic acids is 2. The Kier molecular flexibility index (Phi) is 7.50. The number of methoxy groups -OCH3 is 1. The first-order valence-electron chi connectivity index (χ1n) is 11.6. The maximum Gasteiger partial charge on any atom is 0.295 e. The van der Waals surface area contributed by atoms with Gasteiger partial charge in [-0.3, -0.25) is 9.59 Å². The topological polar surface area (TPSA) is 93.9 Å². The largest absolute Gasteiger partial charge is 0.507 e. The highest BCUT2D eigenvalue weighted by Gasteiger charge is 2.45. The molecule has 35 heavy (non-hydrogen) atoms. The summed E-state index contributed by atoms with van der Waals surface area (Å²) in [7, 11) is 1.56. The summed E-state index contributed by atoms with van der Waals surface area (Å²) < 4.78 is 13.0. The fraction of sp³-hybridized carbons (Fsp3) is 0.296. The van der Waals surface area contributed by atoms with E-state index in [1.165, 1.54) is 4.90 Å². The Balaban J connectivity index is 1.73. The molecule has 1 unspecified atom stereocenters. The summed E-state index contributed by atoms with van der Waals surface area (Å²) in [4.78, 5) is 31.9. The molecule has 1 amide bonds. The van der Waals surface area contributed by atoms with Gasteiger partial charge in [0.25, 0.3) is 11.7 Å². The molecule has 1 saturated heterocycles. The van der Waals surface area contributed by atoms with Crippen LogP contribution in [0.4, 0.5) is 0 Å². The molecule has 0 spiro atoms. The SMILES string of the molecule is CCCOc1cccc(C(O)=C2C(=O)C(=O)N(CCCn3ccnc3)C2c2cccc(OC)c2)c1. The van der Waals surface area contributed by atoms with Gasteiger partial charge in [0.15, 0.2) is 0 Å². The molecule has 8 nitrogen and oxygen atoms in total. The quantitative estimate of drug-likeness (QED) is 0.268. The summed E-state index contributed by atoms with van der Waals surface area (Å²) in [5.74, 6) is -0.388. The van der Waals surface area contributed by atoms with Crippen LogP contribution in [0.1, 0.15) is 36.9 Å². The van der Waals surface area contributed by atoms with Gasteiger partial charge in [-0.25, -0.2) is 4.98 Å². The van der Waals surface area contributed by atoms with Gasteiger partial charge in [-0.05, 0) is 42.7 Å². The molecule has 0 bridgehead atoms. The summed E-state index contributed by atoms with van der Waals surface area (Å²) >= 11 is 0. The van der Waals surface area contributed by atoms with Crippen LogP contribution in [0.5, 0.6) is 11.5 Å². The van der Waals surface area contributed by atoms with Crippen molar-refractivity contribution >= 4 is 17.4 Å². The number of hydrogen-bond acceptors (Lipinski definition) is 6. The number of aromatic nitrogens is 2. The molecule has 1 aliphatic heterocycles. The van der Waals surface area contributed by atoms with Crippen LogP contribution in [-0.4, -0.2) is 51.5 Å². The number of aliphatic hydroxyl groups is 1. The zero-order chi connectivity index (χ0) is 24.8. The van der Waals surface area contributed by atoms with Crippen LogP contribution < -0.4 is 9.47 Å². The minimum absolute atomic E-state index is 0.0542. The Bertz CT molecular complexity index is 1220. The smallest absolute Gasteiger partial charge is 0.295 e. The second-order valence-electron chi connectivity index (χ2n) is 8.30. The third-order valence-electron chi connectivity index (χ3n) is 5.90. The molecule has 8 heteroatoms. The zero-order valence-electron chi connectivity index (χ0n) is 19.9. The van der Waals surface area contributed by atoms with E-state index in [0.29, 0.717) is 48.7 Å². The first kappa shape index (κ1) is 24.1. The monoisotopic (exact) mass is 475 g/mol. The molecular formula is C27H29N3O5. The Morgan fingerprint density at radius 2 is 1.89 bits per heavy atom. The van der Waals surface area contributed by atoms with E-state index in [4.69, 9.17) is 9.47 Å². The summed E-state index contributed by atoms with van der Waals surface area (Å²) in [5.41, 5.74) is 1.16. The van der Waals surface area contributed by atoms with Crippen LogP contribution in [0, 0.1) is 0 Å². The van der Waals surface area contributed by atoms with E-state index >= 15 is 0 Å². The highest BCUT2D eigenvalue weighted by molar-refractivity contribution is 6.46. The first-order chi connectivity index (χ1) is 17.0. The summed E-state index contributed by atoms with van der Waals surface area (Å²) in [6.07, 6.45) is 6.71. The highest BCUT2D eigenvalue weighted by atomic mass is 16.5. The second kappa shape index (κ2) is 10.9. The van der Waals surface area contributed by atoms with E-state index in [9.17, 15) is 14.7 Å². The number of benzene rings is 2. The van der Waals surface area contributed by atoms with Gasteiger partial charge in [-0.1, -0.05) is 31.2 Å². The van der Waals surface area contributed by atoms with E-state index in [0.717, 1.165) is 6.42 Å². The van der Waals surface area contributed by atoms with Crippen LogP contribution in [-0.2, 0) is 16.1 Å². The third-order valence-corrected chi connectivity index (χ3v) is 5.90. The van der Waals surface area contributed by atoms with Crippen molar-refractivity contribution in [1.29, 1.82) is 0 Å². The third kappa shape index (κ3) is 5.21. The molecule has 4 rings (SSSR count). The number of hydrogen-bond donors (Lipinski definition) is 1. The van der Waals surface area contributed by atoms with E-state index in [-0.39, 0.29) is 11.3 Å². The highest BCUT2D eigenvalue weighted by Crippen LogP contribution is 2.40. The van der Waals surface area contributed by atoms with Gasteiger partial charge in [0.1, 0.15) is 17.3 Å². The average molecular weight is 476 g/mol. The van der Waals surface area contributed by atoms with Gasteiger partial charge >= 0.3 is 0 Å². The number of rotatable bonds is 10. The molecule has 1 N–H and O–H groups in total. The van der Waals surface area contributed by atoms with Crippen LogP contribution in [0.25, 0.3) is 5.76 Å². The zero-order valence-corrected chi connectivity index (χ0v) is 19.9.